The number of fused-ring (bicyclic) bond motifs is 1. The van der Waals surface area contributed by atoms with Crippen LogP contribution in [-0.4, -0.2) is 4.98 Å². The zero-order valence-corrected chi connectivity index (χ0v) is 12.1. The van der Waals surface area contributed by atoms with E-state index in [1.54, 1.807) is 12.3 Å². The van der Waals surface area contributed by atoms with Crippen LogP contribution in [-0.2, 0) is 0 Å². The van der Waals surface area contributed by atoms with E-state index in [9.17, 15) is 5.26 Å². The van der Waals surface area contributed by atoms with Crippen molar-refractivity contribution in [2.24, 2.45) is 0 Å². The topological polar surface area (TPSA) is 48.7 Å². The molecule has 3 aromatic rings. The van der Waals surface area contributed by atoms with Crippen molar-refractivity contribution in [3.8, 4) is 6.07 Å². The van der Waals surface area contributed by atoms with Gasteiger partial charge in [-0.05, 0) is 30.3 Å². The van der Waals surface area contributed by atoms with Crippen LogP contribution >= 0.6 is 15.9 Å². The number of rotatable bonds is 2. The van der Waals surface area contributed by atoms with Crippen molar-refractivity contribution in [1.29, 1.82) is 5.26 Å². The third-order valence-electron chi connectivity index (χ3n) is 3.00. The van der Waals surface area contributed by atoms with Crippen molar-refractivity contribution in [2.75, 3.05) is 5.32 Å². The average Bonchev–Trinajstić information content (AvgIpc) is 2.48. The van der Waals surface area contributed by atoms with Gasteiger partial charge in [-0.15, -0.1) is 0 Å². The molecule has 0 aliphatic heterocycles. The molecule has 1 aromatic heterocycles. The first-order valence-corrected chi connectivity index (χ1v) is 6.87. The number of para-hydroxylation sites is 1. The summed E-state index contributed by atoms with van der Waals surface area (Å²) >= 11 is 3.42. The van der Waals surface area contributed by atoms with Crippen LogP contribution in [0, 0.1) is 11.3 Å². The Labute approximate surface area is 125 Å². The lowest BCUT2D eigenvalue weighted by molar-refractivity contribution is 1.40. The highest BCUT2D eigenvalue weighted by atomic mass is 79.9. The number of benzene rings is 2. The first kappa shape index (κ1) is 12.6. The van der Waals surface area contributed by atoms with Gasteiger partial charge in [0.1, 0.15) is 6.07 Å². The Morgan fingerprint density at radius 1 is 1.05 bits per heavy atom. The maximum absolute atomic E-state index is 9.18. The predicted octanol–water partition coefficient (Wildman–Crippen LogP) is 4.61. The number of nitrogens with zero attached hydrogens (tertiary/aromatic N) is 2. The summed E-state index contributed by atoms with van der Waals surface area (Å²) in [7, 11) is 0. The second-order valence-electron chi connectivity index (χ2n) is 4.31. The maximum atomic E-state index is 9.18. The third kappa shape index (κ3) is 2.36. The molecule has 3 nitrogen and oxygen atoms in total. The fourth-order valence-electron chi connectivity index (χ4n) is 2.07. The number of nitriles is 1. The van der Waals surface area contributed by atoms with E-state index in [0.717, 1.165) is 26.8 Å². The summed E-state index contributed by atoms with van der Waals surface area (Å²) in [5, 5.41) is 13.5. The summed E-state index contributed by atoms with van der Waals surface area (Å²) in [5.74, 6) is 0. The van der Waals surface area contributed by atoms with E-state index in [1.165, 1.54) is 0 Å². The van der Waals surface area contributed by atoms with Gasteiger partial charge in [-0.3, -0.25) is 4.98 Å². The summed E-state index contributed by atoms with van der Waals surface area (Å²) in [6, 6.07) is 17.6. The monoisotopic (exact) mass is 323 g/mol. The molecular weight excluding hydrogens is 314 g/mol. The van der Waals surface area contributed by atoms with Gasteiger partial charge in [0.15, 0.2) is 0 Å². The van der Waals surface area contributed by atoms with Gasteiger partial charge in [0.25, 0.3) is 0 Å². The van der Waals surface area contributed by atoms with Crippen LogP contribution in [0.15, 0.2) is 59.2 Å². The Balaban J connectivity index is 2.10. The SMILES string of the molecule is N#Cc1ccc(Br)cc1Nc1cccc2cccnc12. The number of aromatic nitrogens is 1. The first-order valence-electron chi connectivity index (χ1n) is 6.08. The van der Waals surface area contributed by atoms with E-state index in [2.05, 4.69) is 32.3 Å². The van der Waals surface area contributed by atoms with Crippen LogP contribution in [0.5, 0.6) is 0 Å². The minimum absolute atomic E-state index is 0.598. The van der Waals surface area contributed by atoms with Gasteiger partial charge in [-0.25, -0.2) is 0 Å². The average molecular weight is 324 g/mol. The van der Waals surface area contributed by atoms with Crippen LogP contribution in [0.25, 0.3) is 10.9 Å². The summed E-state index contributed by atoms with van der Waals surface area (Å²) in [6.45, 7) is 0. The van der Waals surface area contributed by atoms with Crippen LogP contribution in [0.1, 0.15) is 5.56 Å². The number of hydrogen-bond donors (Lipinski definition) is 1. The normalized spacial score (nSPS) is 10.2. The smallest absolute Gasteiger partial charge is 0.101 e. The van der Waals surface area contributed by atoms with E-state index >= 15 is 0 Å². The van der Waals surface area contributed by atoms with E-state index < -0.39 is 0 Å². The molecule has 0 aliphatic carbocycles. The van der Waals surface area contributed by atoms with Crippen molar-refractivity contribution in [2.45, 2.75) is 0 Å². The highest BCUT2D eigenvalue weighted by Gasteiger charge is 2.06. The van der Waals surface area contributed by atoms with Crippen molar-refractivity contribution in [3.63, 3.8) is 0 Å². The van der Waals surface area contributed by atoms with E-state index in [4.69, 9.17) is 0 Å². The van der Waals surface area contributed by atoms with Crippen LogP contribution in [0.2, 0.25) is 0 Å². The van der Waals surface area contributed by atoms with Gasteiger partial charge in [-0.2, -0.15) is 5.26 Å². The quantitative estimate of drug-likeness (QED) is 0.749. The number of halogens is 1. The molecule has 96 valence electrons. The largest absolute Gasteiger partial charge is 0.353 e. The number of pyridine rings is 1. The molecule has 20 heavy (non-hydrogen) atoms. The molecule has 4 heteroatoms. The number of hydrogen-bond acceptors (Lipinski definition) is 3. The Kier molecular flexibility index (Phi) is 3.36. The molecule has 0 saturated carbocycles. The highest BCUT2D eigenvalue weighted by Crippen LogP contribution is 2.28. The predicted molar refractivity (Wildman–Crippen MR) is 83.9 cm³/mol. The second kappa shape index (κ2) is 5.32. The van der Waals surface area contributed by atoms with Crippen LogP contribution < -0.4 is 5.32 Å². The zero-order chi connectivity index (χ0) is 13.9. The summed E-state index contributed by atoms with van der Waals surface area (Å²) < 4.78 is 0.923. The molecule has 0 unspecified atom stereocenters. The van der Waals surface area contributed by atoms with Crippen LogP contribution in [0.3, 0.4) is 0 Å². The minimum Gasteiger partial charge on any atom is -0.353 e. The van der Waals surface area contributed by atoms with Gasteiger partial charge in [0.05, 0.1) is 22.5 Å². The maximum Gasteiger partial charge on any atom is 0.101 e. The molecule has 0 radical (unpaired) electrons. The molecule has 2 aromatic carbocycles. The number of nitrogens with one attached hydrogen (secondary N) is 1. The zero-order valence-electron chi connectivity index (χ0n) is 10.5. The minimum atomic E-state index is 0.598. The molecule has 0 amide bonds. The lowest BCUT2D eigenvalue weighted by Gasteiger charge is -2.10. The molecular formula is C16H10BrN3. The molecule has 0 bridgehead atoms. The number of anilines is 2. The fraction of sp³-hybridized carbons (Fsp3) is 0. The van der Waals surface area contributed by atoms with Crippen molar-refractivity contribution >= 4 is 38.2 Å². The standard InChI is InChI=1S/C16H10BrN3/c17-13-7-6-12(10-18)15(9-13)20-14-5-1-3-11-4-2-8-19-16(11)14/h1-9,20H. The summed E-state index contributed by atoms with van der Waals surface area (Å²) in [5.41, 5.74) is 3.14. The van der Waals surface area contributed by atoms with Crippen LogP contribution in [0.4, 0.5) is 11.4 Å². The van der Waals surface area contributed by atoms with Gasteiger partial charge in [-0.1, -0.05) is 34.1 Å². The Morgan fingerprint density at radius 3 is 2.75 bits per heavy atom. The van der Waals surface area contributed by atoms with E-state index in [0.29, 0.717) is 5.56 Å². The molecule has 0 spiro atoms. The molecule has 3 rings (SSSR count). The van der Waals surface area contributed by atoms with E-state index in [-0.39, 0.29) is 0 Å². The molecule has 1 heterocycles. The molecule has 0 aliphatic rings. The molecule has 1 N–H and O–H groups in total. The second-order valence-corrected chi connectivity index (χ2v) is 5.22. The van der Waals surface area contributed by atoms with Crippen molar-refractivity contribution in [1.82, 2.24) is 4.98 Å². The lowest BCUT2D eigenvalue weighted by atomic mass is 10.1. The lowest BCUT2D eigenvalue weighted by Crippen LogP contribution is -1.95. The highest BCUT2D eigenvalue weighted by molar-refractivity contribution is 9.10. The third-order valence-corrected chi connectivity index (χ3v) is 3.50. The molecule has 0 saturated heterocycles. The first-order chi connectivity index (χ1) is 9.78. The fourth-order valence-corrected chi connectivity index (χ4v) is 2.43. The van der Waals surface area contributed by atoms with Gasteiger partial charge in [0, 0.05) is 16.1 Å². The Morgan fingerprint density at radius 2 is 1.90 bits per heavy atom. The van der Waals surface area contributed by atoms with Gasteiger partial charge < -0.3 is 5.32 Å². The van der Waals surface area contributed by atoms with Crippen molar-refractivity contribution in [3.05, 3.63) is 64.8 Å². The molecule has 0 fully saturated rings. The summed E-state index contributed by atoms with van der Waals surface area (Å²) in [4.78, 5) is 4.40. The Bertz CT molecular complexity index is 816. The Hall–Kier alpha value is -2.38. The summed E-state index contributed by atoms with van der Waals surface area (Å²) in [6.07, 6.45) is 1.76. The van der Waals surface area contributed by atoms with E-state index in [1.807, 2.05) is 42.5 Å². The van der Waals surface area contributed by atoms with Gasteiger partial charge >= 0.3 is 0 Å². The molecule has 0 atom stereocenters. The van der Waals surface area contributed by atoms with Crippen molar-refractivity contribution < 1.29 is 0 Å². The van der Waals surface area contributed by atoms with Gasteiger partial charge in [0.2, 0.25) is 0 Å².